The van der Waals surface area contributed by atoms with E-state index < -0.39 is 0 Å². The molecule has 1 aromatic rings. The molecular weight excluding hydrogens is 268 g/mol. The highest BCUT2D eigenvalue weighted by atomic mass is 32.2. The number of amides is 1. The predicted octanol–water partition coefficient (Wildman–Crippen LogP) is 2.68. The predicted molar refractivity (Wildman–Crippen MR) is 85.7 cm³/mol. The van der Waals surface area contributed by atoms with Crippen molar-refractivity contribution in [2.45, 2.75) is 31.6 Å². The Bertz CT molecular complexity index is 461. The van der Waals surface area contributed by atoms with Crippen LogP contribution >= 0.6 is 11.8 Å². The molecule has 0 aliphatic carbocycles. The molecule has 1 saturated heterocycles. The first-order valence-corrected chi connectivity index (χ1v) is 8.12. The van der Waals surface area contributed by atoms with E-state index in [4.69, 9.17) is 5.73 Å². The highest BCUT2D eigenvalue weighted by molar-refractivity contribution is 8.00. The second-order valence-corrected chi connectivity index (χ2v) is 7.90. The molecule has 1 heterocycles. The van der Waals surface area contributed by atoms with Crippen molar-refractivity contribution in [3.8, 4) is 0 Å². The third-order valence-corrected chi connectivity index (χ3v) is 5.15. The van der Waals surface area contributed by atoms with Crippen LogP contribution < -0.4 is 5.73 Å². The Morgan fingerprint density at radius 1 is 1.35 bits per heavy atom. The van der Waals surface area contributed by atoms with E-state index in [-0.39, 0.29) is 22.6 Å². The van der Waals surface area contributed by atoms with E-state index in [1.165, 1.54) is 0 Å². The summed E-state index contributed by atoms with van der Waals surface area (Å²) in [7, 11) is 0. The molecular formula is C16H24N2OS. The lowest BCUT2D eigenvalue weighted by Crippen LogP contribution is -2.49. The first-order chi connectivity index (χ1) is 9.41. The molecule has 1 aromatic carbocycles. The summed E-state index contributed by atoms with van der Waals surface area (Å²) < 4.78 is 0.143. The van der Waals surface area contributed by atoms with Gasteiger partial charge in [-0.15, -0.1) is 0 Å². The first-order valence-electron chi connectivity index (χ1n) is 7.14. The number of benzene rings is 1. The Balaban J connectivity index is 2.05. The van der Waals surface area contributed by atoms with Gasteiger partial charge in [-0.05, 0) is 19.4 Å². The Labute approximate surface area is 125 Å². The summed E-state index contributed by atoms with van der Waals surface area (Å²) in [6, 6.07) is 9.64. The number of carbonyl (C=O) groups excluding carboxylic acids is 1. The van der Waals surface area contributed by atoms with E-state index in [2.05, 4.69) is 13.8 Å². The van der Waals surface area contributed by atoms with Gasteiger partial charge < -0.3 is 10.6 Å². The summed E-state index contributed by atoms with van der Waals surface area (Å²) >= 11 is 1.93. The largest absolute Gasteiger partial charge is 0.340 e. The van der Waals surface area contributed by atoms with Crippen LogP contribution in [0.4, 0.5) is 0 Å². The maximum Gasteiger partial charge on any atom is 0.227 e. The molecule has 1 aliphatic heterocycles. The lowest BCUT2D eigenvalue weighted by atomic mass is 9.94. The molecule has 2 unspecified atom stereocenters. The quantitative estimate of drug-likeness (QED) is 0.931. The molecule has 1 amide bonds. The van der Waals surface area contributed by atoms with Gasteiger partial charge in [-0.1, -0.05) is 37.3 Å². The fourth-order valence-electron chi connectivity index (χ4n) is 2.61. The van der Waals surface area contributed by atoms with Crippen molar-refractivity contribution in [2.75, 3.05) is 18.8 Å². The maximum atomic E-state index is 12.6. The zero-order chi connectivity index (χ0) is 14.8. The maximum absolute atomic E-state index is 12.6. The van der Waals surface area contributed by atoms with E-state index in [1.54, 1.807) is 0 Å². The van der Waals surface area contributed by atoms with Crippen LogP contribution in [0.15, 0.2) is 30.3 Å². The number of nitrogens with two attached hydrogens (primary N) is 1. The number of rotatable bonds is 3. The molecule has 2 atom stereocenters. The Hall–Kier alpha value is -1.00. The number of carbonyl (C=O) groups is 1. The molecule has 20 heavy (non-hydrogen) atoms. The van der Waals surface area contributed by atoms with Gasteiger partial charge in [-0.2, -0.15) is 11.8 Å². The van der Waals surface area contributed by atoms with Gasteiger partial charge in [0.25, 0.3) is 0 Å². The minimum absolute atomic E-state index is 0.143. The average Bonchev–Trinajstić information content (AvgIpc) is 2.45. The molecule has 4 heteroatoms. The van der Waals surface area contributed by atoms with Crippen molar-refractivity contribution < 1.29 is 4.79 Å². The zero-order valence-electron chi connectivity index (χ0n) is 12.5. The summed E-state index contributed by atoms with van der Waals surface area (Å²) in [4.78, 5) is 14.6. The van der Waals surface area contributed by atoms with E-state index in [0.717, 1.165) is 24.4 Å². The van der Waals surface area contributed by atoms with Crippen molar-refractivity contribution in [1.29, 1.82) is 0 Å². The van der Waals surface area contributed by atoms with Crippen LogP contribution in [0.3, 0.4) is 0 Å². The smallest absolute Gasteiger partial charge is 0.227 e. The SMILES string of the molecule is CC(C(=O)N1CCSC(C)(C)C1)C(N)c1ccccc1. The summed E-state index contributed by atoms with van der Waals surface area (Å²) in [5, 5.41) is 0. The molecule has 2 N–H and O–H groups in total. The van der Waals surface area contributed by atoms with Crippen LogP contribution in [0.1, 0.15) is 32.4 Å². The number of thioether (sulfide) groups is 1. The molecule has 0 radical (unpaired) electrons. The Morgan fingerprint density at radius 2 is 2.00 bits per heavy atom. The Morgan fingerprint density at radius 3 is 2.60 bits per heavy atom. The minimum Gasteiger partial charge on any atom is -0.340 e. The highest BCUT2D eigenvalue weighted by Crippen LogP contribution is 2.31. The second kappa shape index (κ2) is 6.19. The monoisotopic (exact) mass is 292 g/mol. The van der Waals surface area contributed by atoms with Crippen LogP contribution in [-0.2, 0) is 4.79 Å². The molecule has 110 valence electrons. The fourth-order valence-corrected chi connectivity index (χ4v) is 3.72. The van der Waals surface area contributed by atoms with Gasteiger partial charge in [0.1, 0.15) is 0 Å². The van der Waals surface area contributed by atoms with Gasteiger partial charge >= 0.3 is 0 Å². The zero-order valence-corrected chi connectivity index (χ0v) is 13.3. The van der Waals surface area contributed by atoms with Gasteiger partial charge in [-0.3, -0.25) is 4.79 Å². The number of nitrogens with zero attached hydrogens (tertiary/aromatic N) is 1. The lowest BCUT2D eigenvalue weighted by molar-refractivity contribution is -0.136. The summed E-state index contributed by atoms with van der Waals surface area (Å²) in [5.74, 6) is 0.998. The molecule has 0 aromatic heterocycles. The number of hydrogen-bond acceptors (Lipinski definition) is 3. The van der Waals surface area contributed by atoms with Crippen LogP contribution in [-0.4, -0.2) is 34.4 Å². The molecule has 0 spiro atoms. The molecule has 3 nitrogen and oxygen atoms in total. The molecule has 0 saturated carbocycles. The third kappa shape index (κ3) is 3.55. The molecule has 0 bridgehead atoms. The summed E-state index contributed by atoms with van der Waals surface area (Å²) in [6.45, 7) is 7.97. The van der Waals surface area contributed by atoms with Crippen molar-refractivity contribution in [3.05, 3.63) is 35.9 Å². The van der Waals surface area contributed by atoms with Crippen LogP contribution in [0.5, 0.6) is 0 Å². The van der Waals surface area contributed by atoms with Crippen molar-refractivity contribution in [3.63, 3.8) is 0 Å². The van der Waals surface area contributed by atoms with Crippen molar-refractivity contribution >= 4 is 17.7 Å². The second-order valence-electron chi connectivity index (χ2n) is 6.09. The van der Waals surface area contributed by atoms with Crippen LogP contribution in [0.2, 0.25) is 0 Å². The van der Waals surface area contributed by atoms with E-state index in [0.29, 0.717) is 0 Å². The van der Waals surface area contributed by atoms with Crippen LogP contribution in [0.25, 0.3) is 0 Å². The number of hydrogen-bond donors (Lipinski definition) is 1. The standard InChI is InChI=1S/C16H24N2OS/c1-12(14(17)13-7-5-4-6-8-13)15(19)18-9-10-20-16(2,3)11-18/h4-8,12,14H,9-11,17H2,1-3H3. The van der Waals surface area contributed by atoms with Gasteiger partial charge in [-0.25, -0.2) is 0 Å². The van der Waals surface area contributed by atoms with Gasteiger partial charge in [0.2, 0.25) is 5.91 Å². The van der Waals surface area contributed by atoms with E-state index in [1.807, 2.05) is 53.9 Å². The Kier molecular flexibility index (Phi) is 4.76. The van der Waals surface area contributed by atoms with E-state index in [9.17, 15) is 4.79 Å². The summed E-state index contributed by atoms with van der Waals surface area (Å²) in [6.07, 6.45) is 0. The van der Waals surface area contributed by atoms with Crippen LogP contribution in [0, 0.1) is 5.92 Å². The molecule has 1 aliphatic rings. The molecule has 1 fully saturated rings. The average molecular weight is 292 g/mol. The van der Waals surface area contributed by atoms with Crippen molar-refractivity contribution in [1.82, 2.24) is 4.90 Å². The van der Waals surface area contributed by atoms with Gasteiger partial charge in [0.15, 0.2) is 0 Å². The topological polar surface area (TPSA) is 46.3 Å². The third-order valence-electron chi connectivity index (χ3n) is 3.85. The highest BCUT2D eigenvalue weighted by Gasteiger charge is 2.33. The van der Waals surface area contributed by atoms with Crippen molar-refractivity contribution in [2.24, 2.45) is 11.7 Å². The fraction of sp³-hybridized carbons (Fsp3) is 0.562. The van der Waals surface area contributed by atoms with E-state index >= 15 is 0 Å². The van der Waals surface area contributed by atoms with Gasteiger partial charge in [0.05, 0.1) is 5.92 Å². The summed E-state index contributed by atoms with van der Waals surface area (Å²) in [5.41, 5.74) is 7.29. The first kappa shape index (κ1) is 15.4. The van der Waals surface area contributed by atoms with Gasteiger partial charge in [0, 0.05) is 29.6 Å². The molecule has 2 rings (SSSR count). The lowest BCUT2D eigenvalue weighted by Gasteiger charge is -2.39. The normalized spacial score (nSPS) is 21.3. The minimum atomic E-state index is -0.235.